The van der Waals surface area contributed by atoms with Gasteiger partial charge in [-0.15, -0.1) is 11.3 Å². The molecule has 3 nitrogen and oxygen atoms in total. The van der Waals surface area contributed by atoms with Crippen LogP contribution in [0.4, 0.5) is 0 Å². The number of hydrogen-bond acceptors (Lipinski definition) is 4. The third kappa shape index (κ3) is 2.15. The first kappa shape index (κ1) is 11.4. The van der Waals surface area contributed by atoms with Crippen molar-refractivity contribution in [3.05, 3.63) is 40.4 Å². The van der Waals surface area contributed by atoms with Crippen LogP contribution in [0.5, 0.6) is 0 Å². The number of nitrogens with zero attached hydrogens (tertiary/aromatic N) is 2. The molecule has 0 radical (unpaired) electrons. The number of nitriles is 1. The molecular formula is C14H13N3S. The van der Waals surface area contributed by atoms with Crippen molar-refractivity contribution in [1.82, 2.24) is 10.3 Å². The summed E-state index contributed by atoms with van der Waals surface area (Å²) in [6, 6.07) is 9.80. The molecule has 0 bridgehead atoms. The molecule has 0 saturated carbocycles. The van der Waals surface area contributed by atoms with Gasteiger partial charge in [0, 0.05) is 30.0 Å². The quantitative estimate of drug-likeness (QED) is 0.851. The number of fused-ring (bicyclic) bond motifs is 1. The number of rotatable bonds is 1. The summed E-state index contributed by atoms with van der Waals surface area (Å²) < 4.78 is 0. The average molecular weight is 255 g/mol. The summed E-state index contributed by atoms with van der Waals surface area (Å²) in [6.45, 7) is 2.06. The van der Waals surface area contributed by atoms with Gasteiger partial charge in [0.2, 0.25) is 0 Å². The largest absolute Gasteiger partial charge is 0.316 e. The van der Waals surface area contributed by atoms with Crippen molar-refractivity contribution in [3.63, 3.8) is 0 Å². The molecule has 3 rings (SSSR count). The van der Waals surface area contributed by atoms with Gasteiger partial charge in [0.05, 0.1) is 17.3 Å². The molecule has 18 heavy (non-hydrogen) atoms. The summed E-state index contributed by atoms with van der Waals surface area (Å²) >= 11 is 1.78. The SMILES string of the molecule is N#Cc1ccc(-c2nc3c(s2)CCNCC3)cc1. The maximum atomic E-state index is 8.79. The number of nitrogens with one attached hydrogen (secondary N) is 1. The molecule has 1 aromatic carbocycles. The first-order valence-electron chi connectivity index (χ1n) is 6.06. The molecule has 2 heterocycles. The summed E-state index contributed by atoms with van der Waals surface area (Å²) in [4.78, 5) is 6.13. The van der Waals surface area contributed by atoms with E-state index >= 15 is 0 Å². The number of thiazole rings is 1. The Kier molecular flexibility index (Phi) is 3.09. The minimum atomic E-state index is 0.695. The van der Waals surface area contributed by atoms with E-state index in [0.29, 0.717) is 5.56 Å². The van der Waals surface area contributed by atoms with Crippen LogP contribution in [0.25, 0.3) is 10.6 Å². The molecule has 0 fully saturated rings. The van der Waals surface area contributed by atoms with Gasteiger partial charge >= 0.3 is 0 Å². The highest BCUT2D eigenvalue weighted by molar-refractivity contribution is 7.15. The van der Waals surface area contributed by atoms with Crippen LogP contribution in [0.3, 0.4) is 0 Å². The van der Waals surface area contributed by atoms with E-state index in [0.717, 1.165) is 36.5 Å². The fraction of sp³-hybridized carbons (Fsp3) is 0.286. The molecule has 0 unspecified atom stereocenters. The lowest BCUT2D eigenvalue weighted by molar-refractivity contribution is 0.709. The maximum absolute atomic E-state index is 8.79. The standard InChI is InChI=1S/C14H13N3S/c15-9-10-1-3-11(4-2-10)14-17-12-5-7-16-8-6-13(12)18-14/h1-4,16H,5-8H2. The van der Waals surface area contributed by atoms with Gasteiger partial charge in [-0.1, -0.05) is 12.1 Å². The van der Waals surface area contributed by atoms with Gasteiger partial charge in [-0.05, 0) is 18.6 Å². The van der Waals surface area contributed by atoms with Crippen molar-refractivity contribution in [2.45, 2.75) is 12.8 Å². The molecule has 90 valence electrons. The van der Waals surface area contributed by atoms with E-state index in [9.17, 15) is 0 Å². The Morgan fingerprint density at radius 1 is 1.17 bits per heavy atom. The van der Waals surface area contributed by atoms with E-state index in [1.54, 1.807) is 11.3 Å². The van der Waals surface area contributed by atoms with Gasteiger partial charge in [0.15, 0.2) is 0 Å². The van der Waals surface area contributed by atoms with Crippen LogP contribution in [-0.2, 0) is 12.8 Å². The molecule has 0 spiro atoms. The summed E-state index contributed by atoms with van der Waals surface area (Å²) in [5.74, 6) is 0. The van der Waals surface area contributed by atoms with E-state index < -0.39 is 0 Å². The van der Waals surface area contributed by atoms with Crippen LogP contribution in [0.15, 0.2) is 24.3 Å². The fourth-order valence-electron chi connectivity index (χ4n) is 2.12. The molecule has 0 saturated heterocycles. The summed E-state index contributed by atoms with van der Waals surface area (Å²) in [6.07, 6.45) is 2.09. The zero-order chi connectivity index (χ0) is 12.4. The number of benzene rings is 1. The lowest BCUT2D eigenvalue weighted by Crippen LogP contribution is -2.16. The second-order valence-corrected chi connectivity index (χ2v) is 5.41. The molecule has 1 N–H and O–H groups in total. The van der Waals surface area contributed by atoms with E-state index in [4.69, 9.17) is 10.2 Å². The first-order chi connectivity index (χ1) is 8.86. The lowest BCUT2D eigenvalue weighted by Gasteiger charge is -1.97. The van der Waals surface area contributed by atoms with Crippen molar-refractivity contribution < 1.29 is 0 Å². The third-order valence-corrected chi connectivity index (χ3v) is 4.31. The van der Waals surface area contributed by atoms with Gasteiger partial charge in [-0.25, -0.2) is 4.98 Å². The zero-order valence-electron chi connectivity index (χ0n) is 9.94. The van der Waals surface area contributed by atoms with E-state index in [1.807, 2.05) is 24.3 Å². The van der Waals surface area contributed by atoms with Gasteiger partial charge in [0.25, 0.3) is 0 Å². The Bertz CT molecular complexity index is 569. The van der Waals surface area contributed by atoms with E-state index in [2.05, 4.69) is 11.4 Å². The minimum Gasteiger partial charge on any atom is -0.316 e. The molecular weight excluding hydrogens is 242 g/mol. The minimum absolute atomic E-state index is 0.695. The predicted octanol–water partition coefficient (Wildman–Crippen LogP) is 2.37. The highest BCUT2D eigenvalue weighted by atomic mass is 32.1. The molecule has 2 aromatic rings. The Hall–Kier alpha value is -1.70. The van der Waals surface area contributed by atoms with Gasteiger partial charge < -0.3 is 5.32 Å². The Labute approximate surface area is 110 Å². The van der Waals surface area contributed by atoms with Crippen LogP contribution in [0.1, 0.15) is 16.1 Å². The fourth-order valence-corrected chi connectivity index (χ4v) is 3.23. The number of aromatic nitrogens is 1. The van der Waals surface area contributed by atoms with E-state index in [1.165, 1.54) is 10.6 Å². The molecule has 4 heteroatoms. The van der Waals surface area contributed by atoms with Crippen LogP contribution in [0.2, 0.25) is 0 Å². The summed E-state index contributed by atoms with van der Waals surface area (Å²) in [5, 5.41) is 13.3. The number of hydrogen-bond donors (Lipinski definition) is 1. The third-order valence-electron chi connectivity index (χ3n) is 3.11. The Morgan fingerprint density at radius 2 is 1.94 bits per heavy atom. The second-order valence-electron chi connectivity index (χ2n) is 4.33. The Morgan fingerprint density at radius 3 is 2.72 bits per heavy atom. The van der Waals surface area contributed by atoms with Gasteiger partial charge in [-0.3, -0.25) is 0 Å². The molecule has 1 aliphatic rings. The van der Waals surface area contributed by atoms with Crippen LogP contribution >= 0.6 is 11.3 Å². The molecule has 1 aromatic heterocycles. The molecule has 0 atom stereocenters. The van der Waals surface area contributed by atoms with Crippen LogP contribution in [0, 0.1) is 11.3 Å². The van der Waals surface area contributed by atoms with Crippen molar-refractivity contribution in [1.29, 1.82) is 5.26 Å². The zero-order valence-corrected chi connectivity index (χ0v) is 10.8. The van der Waals surface area contributed by atoms with Gasteiger partial charge in [0.1, 0.15) is 5.01 Å². The summed E-state index contributed by atoms with van der Waals surface area (Å²) in [5.41, 5.74) is 3.05. The monoisotopic (exact) mass is 255 g/mol. The molecule has 1 aliphatic heterocycles. The van der Waals surface area contributed by atoms with Crippen molar-refractivity contribution in [3.8, 4) is 16.6 Å². The van der Waals surface area contributed by atoms with Crippen molar-refractivity contribution in [2.24, 2.45) is 0 Å². The maximum Gasteiger partial charge on any atom is 0.123 e. The molecule has 0 amide bonds. The predicted molar refractivity (Wildman–Crippen MR) is 72.5 cm³/mol. The smallest absolute Gasteiger partial charge is 0.123 e. The van der Waals surface area contributed by atoms with Crippen LogP contribution < -0.4 is 5.32 Å². The van der Waals surface area contributed by atoms with Crippen molar-refractivity contribution >= 4 is 11.3 Å². The average Bonchev–Trinajstić information content (AvgIpc) is 2.70. The van der Waals surface area contributed by atoms with E-state index in [-0.39, 0.29) is 0 Å². The highest BCUT2D eigenvalue weighted by Gasteiger charge is 2.14. The Balaban J connectivity index is 1.94. The lowest BCUT2D eigenvalue weighted by atomic mass is 10.1. The summed E-state index contributed by atoms with van der Waals surface area (Å²) in [7, 11) is 0. The topological polar surface area (TPSA) is 48.7 Å². The molecule has 0 aliphatic carbocycles. The second kappa shape index (κ2) is 4.89. The van der Waals surface area contributed by atoms with Crippen LogP contribution in [-0.4, -0.2) is 18.1 Å². The highest BCUT2D eigenvalue weighted by Crippen LogP contribution is 2.29. The first-order valence-corrected chi connectivity index (χ1v) is 6.88. The normalized spacial score (nSPS) is 14.6. The van der Waals surface area contributed by atoms with Gasteiger partial charge in [-0.2, -0.15) is 5.26 Å². The van der Waals surface area contributed by atoms with Crippen molar-refractivity contribution in [2.75, 3.05) is 13.1 Å².